The Hall–Kier alpha value is -1.68. The molecule has 1 aromatic carbocycles. The lowest BCUT2D eigenvalue weighted by molar-refractivity contribution is 0.102. The van der Waals surface area contributed by atoms with Crippen molar-refractivity contribution in [1.29, 1.82) is 0 Å². The second-order valence-corrected chi connectivity index (χ2v) is 6.48. The molecule has 0 atom stereocenters. The minimum Gasteiger partial charge on any atom is -0.493 e. The third kappa shape index (κ3) is 4.14. The normalized spacial score (nSPS) is 10.9. The number of ketones is 1. The highest BCUT2D eigenvalue weighted by Crippen LogP contribution is 2.21. The van der Waals surface area contributed by atoms with E-state index in [0.717, 1.165) is 27.7 Å². The van der Waals surface area contributed by atoms with Crippen molar-refractivity contribution in [3.05, 3.63) is 45.4 Å². The van der Waals surface area contributed by atoms with Crippen LogP contribution in [0, 0.1) is 6.92 Å². The number of hydrogen-bond acceptors (Lipinski definition) is 4. The summed E-state index contributed by atoms with van der Waals surface area (Å²) in [5, 5.41) is 0.955. The number of rotatable bonds is 6. The van der Waals surface area contributed by atoms with Gasteiger partial charge in [-0.25, -0.2) is 4.98 Å². The molecule has 0 saturated heterocycles. The first-order valence-electron chi connectivity index (χ1n) is 7.17. The van der Waals surface area contributed by atoms with E-state index in [1.807, 2.05) is 19.1 Å². The molecule has 2 rings (SSSR count). The Bertz CT molecular complexity index is 614. The Balaban J connectivity index is 1.89. The topological polar surface area (TPSA) is 39.2 Å². The lowest BCUT2D eigenvalue weighted by Crippen LogP contribution is -2.01. The van der Waals surface area contributed by atoms with E-state index in [1.165, 1.54) is 16.9 Å². The van der Waals surface area contributed by atoms with Crippen molar-refractivity contribution in [2.75, 3.05) is 6.61 Å². The molecule has 1 aromatic heterocycles. The van der Waals surface area contributed by atoms with Crippen LogP contribution >= 0.6 is 11.3 Å². The first-order chi connectivity index (χ1) is 9.97. The highest BCUT2D eigenvalue weighted by Gasteiger charge is 2.11. The van der Waals surface area contributed by atoms with Crippen LogP contribution in [0.4, 0.5) is 0 Å². The molecule has 0 bridgehead atoms. The van der Waals surface area contributed by atoms with E-state index in [9.17, 15) is 4.79 Å². The van der Waals surface area contributed by atoms with Crippen LogP contribution in [0.3, 0.4) is 0 Å². The molecule has 0 aliphatic rings. The first-order valence-corrected chi connectivity index (χ1v) is 7.99. The number of aromatic nitrogens is 1. The predicted molar refractivity (Wildman–Crippen MR) is 86.6 cm³/mol. The summed E-state index contributed by atoms with van der Waals surface area (Å²) in [6.45, 7) is 8.38. The lowest BCUT2D eigenvalue weighted by atomic mass is 10.0. The predicted octanol–water partition coefficient (Wildman–Crippen LogP) is 4.40. The largest absolute Gasteiger partial charge is 0.493 e. The molecule has 0 saturated carbocycles. The van der Waals surface area contributed by atoms with E-state index in [-0.39, 0.29) is 5.78 Å². The van der Waals surface area contributed by atoms with Crippen LogP contribution in [0.1, 0.15) is 52.6 Å². The number of benzene rings is 1. The summed E-state index contributed by atoms with van der Waals surface area (Å²) in [5.74, 6) is 1.49. The Labute approximate surface area is 130 Å². The average molecular weight is 303 g/mol. The average Bonchev–Trinajstić information content (AvgIpc) is 2.80. The smallest absolute Gasteiger partial charge is 0.171 e. The molecular formula is C17H21NO2S. The quantitative estimate of drug-likeness (QED) is 0.743. The molecule has 0 radical (unpaired) electrons. The lowest BCUT2D eigenvalue weighted by Gasteiger charge is -2.08. The molecule has 0 unspecified atom stereocenters. The zero-order valence-corrected chi connectivity index (χ0v) is 13.8. The van der Waals surface area contributed by atoms with Crippen molar-refractivity contribution in [3.63, 3.8) is 0 Å². The van der Waals surface area contributed by atoms with Crippen LogP contribution < -0.4 is 4.74 Å². The fraction of sp³-hybridized carbons (Fsp3) is 0.412. The van der Waals surface area contributed by atoms with Gasteiger partial charge in [0.05, 0.1) is 22.2 Å². The van der Waals surface area contributed by atoms with Gasteiger partial charge in [0, 0.05) is 13.3 Å². The molecular weight excluding hydrogens is 282 g/mol. The van der Waals surface area contributed by atoms with E-state index in [1.54, 1.807) is 6.92 Å². The minimum absolute atomic E-state index is 0.0847. The fourth-order valence-corrected chi connectivity index (χ4v) is 3.03. The van der Waals surface area contributed by atoms with Gasteiger partial charge < -0.3 is 4.74 Å². The van der Waals surface area contributed by atoms with Crippen LogP contribution in [0.2, 0.25) is 0 Å². The van der Waals surface area contributed by atoms with Crippen molar-refractivity contribution < 1.29 is 9.53 Å². The molecule has 0 aliphatic heterocycles. The standard InChI is InChI=1S/C17H21NO2S/c1-11(2)14-5-7-15(8-6-14)20-10-9-16-18-12(3)17(21-16)13(4)19/h5-8,11H,9-10H2,1-4H3. The third-order valence-electron chi connectivity index (χ3n) is 3.29. The molecule has 0 fully saturated rings. The van der Waals surface area contributed by atoms with E-state index < -0.39 is 0 Å². The van der Waals surface area contributed by atoms with Crippen molar-refractivity contribution in [2.45, 2.75) is 40.0 Å². The molecule has 0 aliphatic carbocycles. The van der Waals surface area contributed by atoms with Gasteiger partial charge >= 0.3 is 0 Å². The second-order valence-electron chi connectivity index (χ2n) is 5.40. The highest BCUT2D eigenvalue weighted by molar-refractivity contribution is 7.13. The Morgan fingerprint density at radius 2 is 1.95 bits per heavy atom. The zero-order valence-electron chi connectivity index (χ0n) is 13.0. The van der Waals surface area contributed by atoms with Crippen LogP contribution in [-0.4, -0.2) is 17.4 Å². The summed E-state index contributed by atoms with van der Waals surface area (Å²) < 4.78 is 5.74. The SMILES string of the molecule is CC(=O)c1sc(CCOc2ccc(C(C)C)cc2)nc1C. The molecule has 4 heteroatoms. The van der Waals surface area contributed by atoms with Gasteiger partial charge in [0.1, 0.15) is 5.75 Å². The van der Waals surface area contributed by atoms with Gasteiger partial charge in [-0.05, 0) is 30.5 Å². The molecule has 1 heterocycles. The Morgan fingerprint density at radius 3 is 2.48 bits per heavy atom. The Morgan fingerprint density at radius 1 is 1.29 bits per heavy atom. The molecule has 0 amide bonds. The highest BCUT2D eigenvalue weighted by atomic mass is 32.1. The summed E-state index contributed by atoms with van der Waals surface area (Å²) in [6.07, 6.45) is 0.727. The Kier molecular flexibility index (Phi) is 5.12. The molecule has 112 valence electrons. The maximum atomic E-state index is 11.4. The summed E-state index contributed by atoms with van der Waals surface area (Å²) in [7, 11) is 0. The molecule has 21 heavy (non-hydrogen) atoms. The number of Topliss-reactive ketones (excluding diaryl/α,β-unsaturated/α-hetero) is 1. The molecule has 3 nitrogen and oxygen atoms in total. The van der Waals surface area contributed by atoms with Gasteiger partial charge in [0.2, 0.25) is 0 Å². The third-order valence-corrected chi connectivity index (χ3v) is 4.61. The van der Waals surface area contributed by atoms with Crippen molar-refractivity contribution in [2.24, 2.45) is 0 Å². The van der Waals surface area contributed by atoms with E-state index in [2.05, 4.69) is 31.0 Å². The van der Waals surface area contributed by atoms with Gasteiger partial charge in [-0.1, -0.05) is 26.0 Å². The van der Waals surface area contributed by atoms with Crippen LogP contribution in [0.15, 0.2) is 24.3 Å². The van der Waals surface area contributed by atoms with E-state index >= 15 is 0 Å². The monoisotopic (exact) mass is 303 g/mol. The number of carbonyl (C=O) groups is 1. The maximum absolute atomic E-state index is 11.4. The summed E-state index contributed by atoms with van der Waals surface area (Å²) in [4.78, 5) is 16.6. The number of hydrogen-bond donors (Lipinski definition) is 0. The van der Waals surface area contributed by atoms with Crippen molar-refractivity contribution in [3.8, 4) is 5.75 Å². The summed E-state index contributed by atoms with van der Waals surface area (Å²) in [5.41, 5.74) is 2.13. The molecule has 0 spiro atoms. The van der Waals surface area contributed by atoms with Gasteiger partial charge in [-0.15, -0.1) is 11.3 Å². The number of carbonyl (C=O) groups excluding carboxylic acids is 1. The number of aryl methyl sites for hydroxylation is 1. The minimum atomic E-state index is 0.0847. The van der Waals surface area contributed by atoms with Gasteiger partial charge in [0.25, 0.3) is 0 Å². The van der Waals surface area contributed by atoms with E-state index in [4.69, 9.17) is 4.74 Å². The van der Waals surface area contributed by atoms with Crippen molar-refractivity contribution >= 4 is 17.1 Å². The van der Waals surface area contributed by atoms with Crippen molar-refractivity contribution in [1.82, 2.24) is 4.98 Å². The van der Waals surface area contributed by atoms with E-state index in [0.29, 0.717) is 12.5 Å². The van der Waals surface area contributed by atoms with Crippen LogP contribution in [-0.2, 0) is 6.42 Å². The van der Waals surface area contributed by atoms with Crippen LogP contribution in [0.25, 0.3) is 0 Å². The fourth-order valence-electron chi connectivity index (χ4n) is 2.09. The number of ether oxygens (including phenoxy) is 1. The molecule has 2 aromatic rings. The van der Waals surface area contributed by atoms with Gasteiger partial charge in [0.15, 0.2) is 5.78 Å². The number of thiazole rings is 1. The summed E-state index contributed by atoms with van der Waals surface area (Å²) >= 11 is 1.47. The zero-order chi connectivity index (χ0) is 15.4. The first kappa shape index (κ1) is 15.7. The second kappa shape index (κ2) is 6.85. The van der Waals surface area contributed by atoms with Gasteiger partial charge in [-0.2, -0.15) is 0 Å². The molecule has 0 N–H and O–H groups in total. The van der Waals surface area contributed by atoms with Gasteiger partial charge in [-0.3, -0.25) is 4.79 Å². The summed E-state index contributed by atoms with van der Waals surface area (Å²) in [6, 6.07) is 8.20. The maximum Gasteiger partial charge on any atom is 0.171 e. The number of nitrogens with zero attached hydrogens (tertiary/aromatic N) is 1. The van der Waals surface area contributed by atoms with Crippen LogP contribution in [0.5, 0.6) is 5.75 Å².